The molecule has 0 unspecified atom stereocenters. The van der Waals surface area contributed by atoms with E-state index in [2.05, 4.69) is 48.1 Å². The van der Waals surface area contributed by atoms with E-state index >= 15 is 0 Å². The van der Waals surface area contributed by atoms with Gasteiger partial charge < -0.3 is 0 Å². The van der Waals surface area contributed by atoms with Gasteiger partial charge in [0.2, 0.25) is 0 Å². The van der Waals surface area contributed by atoms with Crippen molar-refractivity contribution < 1.29 is 0 Å². The first-order chi connectivity index (χ1) is 8.26. The maximum atomic E-state index is 6.10. The lowest BCUT2D eigenvalue weighted by Gasteiger charge is -2.08. The SMILES string of the molecule is CCc1cccc(-c2ncnc(Cl)c2CC)c1. The average molecular weight is 247 g/mol. The lowest BCUT2D eigenvalue weighted by molar-refractivity contribution is 1.05. The molecule has 0 fully saturated rings. The Bertz CT molecular complexity index is 523. The molecule has 0 aliphatic rings. The lowest BCUT2D eigenvalue weighted by Crippen LogP contribution is -1.96. The summed E-state index contributed by atoms with van der Waals surface area (Å²) in [6.45, 7) is 4.21. The Hall–Kier alpha value is -1.41. The third-order valence-electron chi connectivity index (χ3n) is 2.86. The van der Waals surface area contributed by atoms with Gasteiger partial charge in [0.1, 0.15) is 11.5 Å². The molecule has 0 aliphatic heterocycles. The molecule has 17 heavy (non-hydrogen) atoms. The molecule has 0 N–H and O–H groups in total. The summed E-state index contributed by atoms with van der Waals surface area (Å²) in [4.78, 5) is 8.39. The van der Waals surface area contributed by atoms with Gasteiger partial charge in [-0.2, -0.15) is 0 Å². The van der Waals surface area contributed by atoms with E-state index in [-0.39, 0.29) is 0 Å². The van der Waals surface area contributed by atoms with Crippen LogP contribution in [0.3, 0.4) is 0 Å². The molecule has 0 aliphatic carbocycles. The number of halogens is 1. The average Bonchev–Trinajstić information content (AvgIpc) is 2.38. The van der Waals surface area contributed by atoms with Crippen LogP contribution in [-0.2, 0) is 12.8 Å². The summed E-state index contributed by atoms with van der Waals surface area (Å²) in [5.41, 5.74) is 4.38. The highest BCUT2D eigenvalue weighted by Gasteiger charge is 2.10. The van der Waals surface area contributed by atoms with Crippen molar-refractivity contribution in [3.63, 3.8) is 0 Å². The second-order valence-electron chi connectivity index (χ2n) is 3.90. The van der Waals surface area contributed by atoms with Crippen LogP contribution in [0.25, 0.3) is 11.3 Å². The monoisotopic (exact) mass is 246 g/mol. The zero-order chi connectivity index (χ0) is 12.3. The van der Waals surface area contributed by atoms with Crippen molar-refractivity contribution in [2.75, 3.05) is 0 Å². The summed E-state index contributed by atoms with van der Waals surface area (Å²) in [6.07, 6.45) is 3.38. The van der Waals surface area contributed by atoms with Crippen LogP contribution in [0.1, 0.15) is 25.0 Å². The summed E-state index contributed by atoms with van der Waals surface area (Å²) < 4.78 is 0. The van der Waals surface area contributed by atoms with Gasteiger partial charge in [-0.15, -0.1) is 0 Å². The van der Waals surface area contributed by atoms with Gasteiger partial charge in [0, 0.05) is 11.1 Å². The molecule has 2 aromatic rings. The summed E-state index contributed by atoms with van der Waals surface area (Å²) in [6, 6.07) is 8.41. The van der Waals surface area contributed by atoms with Crippen LogP contribution in [0.15, 0.2) is 30.6 Å². The predicted molar refractivity (Wildman–Crippen MR) is 71.2 cm³/mol. The molecular weight excluding hydrogens is 232 g/mol. The highest BCUT2D eigenvalue weighted by Crippen LogP contribution is 2.26. The number of aryl methyl sites for hydroxylation is 1. The molecule has 0 amide bonds. The third-order valence-corrected chi connectivity index (χ3v) is 3.18. The number of nitrogens with zero attached hydrogens (tertiary/aromatic N) is 2. The third kappa shape index (κ3) is 2.47. The molecule has 3 heteroatoms. The largest absolute Gasteiger partial charge is 0.236 e. The van der Waals surface area contributed by atoms with Crippen molar-refractivity contribution in [3.8, 4) is 11.3 Å². The van der Waals surface area contributed by atoms with Gasteiger partial charge in [-0.3, -0.25) is 0 Å². The molecule has 0 saturated carbocycles. The van der Waals surface area contributed by atoms with Gasteiger partial charge in [-0.1, -0.05) is 43.6 Å². The van der Waals surface area contributed by atoms with Crippen molar-refractivity contribution in [1.82, 2.24) is 9.97 Å². The Morgan fingerprint density at radius 1 is 1.12 bits per heavy atom. The fourth-order valence-electron chi connectivity index (χ4n) is 1.89. The topological polar surface area (TPSA) is 25.8 Å². The van der Waals surface area contributed by atoms with E-state index in [1.807, 2.05) is 0 Å². The van der Waals surface area contributed by atoms with Gasteiger partial charge in [0.25, 0.3) is 0 Å². The number of aromatic nitrogens is 2. The molecule has 0 bridgehead atoms. The number of hydrogen-bond acceptors (Lipinski definition) is 2. The van der Waals surface area contributed by atoms with E-state index in [0.29, 0.717) is 5.15 Å². The van der Waals surface area contributed by atoms with Crippen molar-refractivity contribution in [1.29, 1.82) is 0 Å². The summed E-state index contributed by atoms with van der Waals surface area (Å²) in [5.74, 6) is 0. The minimum absolute atomic E-state index is 0.555. The van der Waals surface area contributed by atoms with Crippen LogP contribution >= 0.6 is 11.6 Å². The van der Waals surface area contributed by atoms with Gasteiger partial charge >= 0.3 is 0 Å². The minimum atomic E-state index is 0.555. The molecule has 1 heterocycles. The quantitative estimate of drug-likeness (QED) is 0.767. The summed E-state index contributed by atoms with van der Waals surface area (Å²) in [7, 11) is 0. The van der Waals surface area contributed by atoms with Crippen LogP contribution in [-0.4, -0.2) is 9.97 Å². The first-order valence-electron chi connectivity index (χ1n) is 5.85. The standard InChI is InChI=1S/C14H15ClN2/c1-3-10-6-5-7-11(8-10)13-12(4-2)14(15)17-9-16-13/h5-9H,3-4H2,1-2H3. The second kappa shape index (κ2) is 5.28. The van der Waals surface area contributed by atoms with Crippen LogP contribution < -0.4 is 0 Å². The fraction of sp³-hybridized carbons (Fsp3) is 0.286. The van der Waals surface area contributed by atoms with Crippen LogP contribution in [0.4, 0.5) is 0 Å². The number of rotatable bonds is 3. The van der Waals surface area contributed by atoms with Crippen LogP contribution in [0.5, 0.6) is 0 Å². The molecule has 0 saturated heterocycles. The fourth-order valence-corrected chi connectivity index (χ4v) is 2.16. The molecular formula is C14H15ClN2. The van der Waals surface area contributed by atoms with E-state index in [1.54, 1.807) is 0 Å². The highest BCUT2D eigenvalue weighted by atomic mass is 35.5. The maximum absolute atomic E-state index is 6.10. The lowest BCUT2D eigenvalue weighted by atomic mass is 10.0. The Labute approximate surface area is 107 Å². The smallest absolute Gasteiger partial charge is 0.136 e. The van der Waals surface area contributed by atoms with E-state index in [0.717, 1.165) is 29.7 Å². The van der Waals surface area contributed by atoms with E-state index < -0.39 is 0 Å². The van der Waals surface area contributed by atoms with Gasteiger partial charge in [0.15, 0.2) is 0 Å². The van der Waals surface area contributed by atoms with Gasteiger partial charge in [0.05, 0.1) is 5.69 Å². The van der Waals surface area contributed by atoms with Crippen molar-refractivity contribution in [2.45, 2.75) is 26.7 Å². The Balaban J connectivity index is 2.55. The number of hydrogen-bond donors (Lipinski definition) is 0. The minimum Gasteiger partial charge on any atom is -0.236 e. The van der Waals surface area contributed by atoms with Crippen LogP contribution in [0.2, 0.25) is 5.15 Å². The summed E-state index contributed by atoms with van der Waals surface area (Å²) in [5, 5.41) is 0.555. The molecule has 0 atom stereocenters. The molecule has 0 spiro atoms. The van der Waals surface area contributed by atoms with Crippen molar-refractivity contribution in [3.05, 3.63) is 46.9 Å². The molecule has 1 aromatic heterocycles. The first kappa shape index (κ1) is 12.1. The molecule has 1 aromatic carbocycles. The van der Waals surface area contributed by atoms with E-state index in [9.17, 15) is 0 Å². The highest BCUT2D eigenvalue weighted by molar-refractivity contribution is 6.30. The molecule has 0 radical (unpaired) electrons. The Morgan fingerprint density at radius 2 is 1.94 bits per heavy atom. The molecule has 2 nitrogen and oxygen atoms in total. The van der Waals surface area contributed by atoms with Gasteiger partial charge in [-0.05, 0) is 24.5 Å². The number of benzene rings is 1. The normalized spacial score (nSPS) is 10.5. The van der Waals surface area contributed by atoms with E-state index in [1.165, 1.54) is 11.9 Å². The zero-order valence-electron chi connectivity index (χ0n) is 10.1. The predicted octanol–water partition coefficient (Wildman–Crippen LogP) is 3.92. The first-order valence-corrected chi connectivity index (χ1v) is 6.22. The maximum Gasteiger partial charge on any atom is 0.136 e. The second-order valence-corrected chi connectivity index (χ2v) is 4.26. The van der Waals surface area contributed by atoms with Crippen molar-refractivity contribution in [2.24, 2.45) is 0 Å². The zero-order valence-corrected chi connectivity index (χ0v) is 10.8. The van der Waals surface area contributed by atoms with Crippen molar-refractivity contribution >= 4 is 11.6 Å². The summed E-state index contributed by atoms with van der Waals surface area (Å²) >= 11 is 6.10. The van der Waals surface area contributed by atoms with E-state index in [4.69, 9.17) is 11.6 Å². The Kier molecular flexibility index (Phi) is 3.75. The van der Waals surface area contributed by atoms with Gasteiger partial charge in [-0.25, -0.2) is 9.97 Å². The van der Waals surface area contributed by atoms with Crippen LogP contribution in [0, 0.1) is 0 Å². The Morgan fingerprint density at radius 3 is 2.65 bits per heavy atom. The molecule has 2 rings (SSSR count). The molecule has 88 valence electrons.